The number of hydrogen-bond acceptors (Lipinski definition) is 6. The van der Waals surface area contributed by atoms with Gasteiger partial charge in [0.2, 0.25) is 0 Å². The zero-order chi connectivity index (χ0) is 12.6. The molecule has 2 atom stereocenters. The second kappa shape index (κ2) is 8.75. The van der Waals surface area contributed by atoms with Crippen molar-refractivity contribution in [1.29, 1.82) is 0 Å². The molecule has 0 fully saturated rings. The van der Waals surface area contributed by atoms with Crippen LogP contribution in [0.4, 0.5) is 0 Å². The Bertz CT molecular complexity index is 209. The van der Waals surface area contributed by atoms with E-state index in [-0.39, 0.29) is 0 Å². The van der Waals surface area contributed by atoms with E-state index in [0.717, 1.165) is 12.8 Å². The van der Waals surface area contributed by atoms with Crippen LogP contribution >= 0.6 is 25.3 Å². The maximum Gasteiger partial charge on any atom is 0.320 e. The van der Waals surface area contributed by atoms with Crippen LogP contribution in [0.25, 0.3) is 0 Å². The lowest BCUT2D eigenvalue weighted by Crippen LogP contribution is -2.34. The van der Waals surface area contributed by atoms with Crippen molar-refractivity contribution in [2.24, 2.45) is 0 Å². The molecule has 0 N–H and O–H groups in total. The van der Waals surface area contributed by atoms with Gasteiger partial charge in [-0.05, 0) is 12.8 Å². The molecule has 0 bridgehead atoms. The van der Waals surface area contributed by atoms with Gasteiger partial charge in [-0.3, -0.25) is 9.59 Å². The molecule has 0 aromatic rings. The SMILES string of the molecule is CCCOC(=O)[C@H](S)[C@@H](S)C(=O)OCCC. The monoisotopic (exact) mass is 266 g/mol. The standard InChI is InChI=1S/C10H18O4S2/c1-3-5-13-9(11)7(15)8(16)10(12)14-6-4-2/h7-8,15-16H,3-6H2,1-2H3/t7-,8-/m1/s1. The fourth-order valence-electron chi connectivity index (χ4n) is 0.834. The normalized spacial score (nSPS) is 14.0. The van der Waals surface area contributed by atoms with Crippen molar-refractivity contribution in [2.45, 2.75) is 37.2 Å². The van der Waals surface area contributed by atoms with Gasteiger partial charge in [-0.1, -0.05) is 13.8 Å². The summed E-state index contributed by atoms with van der Waals surface area (Å²) < 4.78 is 9.71. The average molecular weight is 266 g/mol. The Hall–Kier alpha value is -0.360. The van der Waals surface area contributed by atoms with Gasteiger partial charge in [0.25, 0.3) is 0 Å². The smallest absolute Gasteiger partial charge is 0.320 e. The summed E-state index contributed by atoms with van der Waals surface area (Å²) >= 11 is 8.00. The topological polar surface area (TPSA) is 52.6 Å². The third-order valence-corrected chi connectivity index (χ3v) is 2.93. The van der Waals surface area contributed by atoms with Gasteiger partial charge in [0, 0.05) is 0 Å². The number of rotatable bonds is 7. The molecule has 0 saturated carbocycles. The fraction of sp³-hybridized carbons (Fsp3) is 0.800. The zero-order valence-electron chi connectivity index (χ0n) is 9.51. The molecule has 0 aromatic heterocycles. The average Bonchev–Trinajstić information content (AvgIpc) is 2.30. The number of ether oxygens (including phenoxy) is 2. The second-order valence-electron chi connectivity index (χ2n) is 3.22. The van der Waals surface area contributed by atoms with Gasteiger partial charge in [0.1, 0.15) is 10.5 Å². The van der Waals surface area contributed by atoms with Crippen molar-refractivity contribution in [1.82, 2.24) is 0 Å². The molecule has 0 aliphatic heterocycles. The number of carbonyl (C=O) groups is 2. The zero-order valence-corrected chi connectivity index (χ0v) is 11.3. The summed E-state index contributed by atoms with van der Waals surface area (Å²) in [6, 6.07) is 0. The van der Waals surface area contributed by atoms with Gasteiger partial charge in [-0.25, -0.2) is 0 Å². The van der Waals surface area contributed by atoms with Crippen molar-refractivity contribution in [3.63, 3.8) is 0 Å². The van der Waals surface area contributed by atoms with Crippen LogP contribution in [0.3, 0.4) is 0 Å². The highest BCUT2D eigenvalue weighted by molar-refractivity contribution is 7.86. The van der Waals surface area contributed by atoms with Crippen molar-refractivity contribution in [3.8, 4) is 0 Å². The second-order valence-corrected chi connectivity index (χ2v) is 4.34. The molecule has 16 heavy (non-hydrogen) atoms. The molecule has 0 heterocycles. The predicted molar refractivity (Wildman–Crippen MR) is 68.0 cm³/mol. The van der Waals surface area contributed by atoms with Crippen molar-refractivity contribution in [3.05, 3.63) is 0 Å². The predicted octanol–water partition coefficient (Wildman–Crippen LogP) is 1.49. The Balaban J connectivity index is 4.09. The van der Waals surface area contributed by atoms with Gasteiger partial charge in [-0.15, -0.1) is 0 Å². The first kappa shape index (κ1) is 15.6. The first-order valence-electron chi connectivity index (χ1n) is 5.24. The van der Waals surface area contributed by atoms with E-state index >= 15 is 0 Å². The molecule has 0 radical (unpaired) electrons. The van der Waals surface area contributed by atoms with Crippen LogP contribution in [0.5, 0.6) is 0 Å². The lowest BCUT2D eigenvalue weighted by Gasteiger charge is -2.15. The molecule has 94 valence electrons. The molecule has 4 nitrogen and oxygen atoms in total. The summed E-state index contributed by atoms with van der Waals surface area (Å²) in [7, 11) is 0. The molecule has 0 aliphatic rings. The quantitative estimate of drug-likeness (QED) is 0.541. The van der Waals surface area contributed by atoms with Gasteiger partial charge >= 0.3 is 11.9 Å². The maximum absolute atomic E-state index is 11.4. The molecule has 0 unspecified atom stereocenters. The van der Waals surface area contributed by atoms with E-state index in [0.29, 0.717) is 13.2 Å². The van der Waals surface area contributed by atoms with Gasteiger partial charge in [0.15, 0.2) is 0 Å². The van der Waals surface area contributed by atoms with E-state index in [4.69, 9.17) is 9.47 Å². The third-order valence-electron chi connectivity index (χ3n) is 1.68. The van der Waals surface area contributed by atoms with Crippen LogP contribution in [-0.4, -0.2) is 35.7 Å². The van der Waals surface area contributed by atoms with E-state index in [2.05, 4.69) is 25.3 Å². The summed E-state index contributed by atoms with van der Waals surface area (Å²) in [5.74, 6) is -1.09. The van der Waals surface area contributed by atoms with Gasteiger partial charge < -0.3 is 9.47 Å². The first-order chi connectivity index (χ1) is 7.54. The van der Waals surface area contributed by atoms with Crippen molar-refractivity contribution >= 4 is 37.2 Å². The molecule has 0 aromatic carbocycles. The van der Waals surface area contributed by atoms with E-state index in [1.54, 1.807) is 0 Å². The molecule has 0 aliphatic carbocycles. The first-order valence-corrected chi connectivity index (χ1v) is 6.27. The van der Waals surface area contributed by atoms with E-state index in [9.17, 15) is 9.59 Å². The highest BCUT2D eigenvalue weighted by atomic mass is 32.1. The number of hydrogen-bond donors (Lipinski definition) is 2. The number of thiol groups is 2. The Kier molecular flexibility index (Phi) is 8.56. The number of esters is 2. The van der Waals surface area contributed by atoms with Crippen molar-refractivity contribution < 1.29 is 19.1 Å². The molecular weight excluding hydrogens is 248 g/mol. The minimum atomic E-state index is -0.890. The lowest BCUT2D eigenvalue weighted by molar-refractivity contribution is -0.149. The summed E-state index contributed by atoms with van der Waals surface area (Å²) in [5.41, 5.74) is 0. The largest absolute Gasteiger partial charge is 0.465 e. The van der Waals surface area contributed by atoms with Crippen LogP contribution in [0.2, 0.25) is 0 Å². The molecule has 0 rings (SSSR count). The molecule has 6 heteroatoms. The Morgan fingerprint density at radius 2 is 1.25 bits per heavy atom. The molecular formula is C10H18O4S2. The molecule has 0 amide bonds. The Morgan fingerprint density at radius 1 is 0.938 bits per heavy atom. The number of carbonyl (C=O) groups excluding carboxylic acids is 2. The van der Waals surface area contributed by atoms with Crippen LogP contribution < -0.4 is 0 Å². The minimum absolute atomic E-state index is 0.320. The summed E-state index contributed by atoms with van der Waals surface area (Å²) in [6.07, 6.45) is 1.45. The molecule has 0 spiro atoms. The van der Waals surface area contributed by atoms with Crippen LogP contribution in [0.1, 0.15) is 26.7 Å². The molecule has 0 saturated heterocycles. The van der Waals surface area contributed by atoms with Crippen LogP contribution in [0, 0.1) is 0 Å². The van der Waals surface area contributed by atoms with E-state index < -0.39 is 22.4 Å². The van der Waals surface area contributed by atoms with Crippen LogP contribution in [0.15, 0.2) is 0 Å². The van der Waals surface area contributed by atoms with Gasteiger partial charge in [-0.2, -0.15) is 25.3 Å². The summed E-state index contributed by atoms with van der Waals surface area (Å²) in [5, 5.41) is -1.78. The highest BCUT2D eigenvalue weighted by Gasteiger charge is 2.30. The Morgan fingerprint density at radius 3 is 1.50 bits per heavy atom. The van der Waals surface area contributed by atoms with Gasteiger partial charge in [0.05, 0.1) is 13.2 Å². The maximum atomic E-state index is 11.4. The Labute approximate surface area is 107 Å². The minimum Gasteiger partial charge on any atom is -0.465 e. The summed E-state index contributed by atoms with van der Waals surface area (Å²) in [4.78, 5) is 22.7. The van der Waals surface area contributed by atoms with Crippen LogP contribution in [-0.2, 0) is 19.1 Å². The third kappa shape index (κ3) is 5.65. The summed E-state index contributed by atoms with van der Waals surface area (Å²) in [6.45, 7) is 4.41. The lowest BCUT2D eigenvalue weighted by atomic mass is 10.3. The van der Waals surface area contributed by atoms with Crippen molar-refractivity contribution in [2.75, 3.05) is 13.2 Å². The fourth-order valence-corrected chi connectivity index (χ4v) is 1.23. The highest BCUT2D eigenvalue weighted by Crippen LogP contribution is 2.13. The van der Waals surface area contributed by atoms with E-state index in [1.165, 1.54) is 0 Å². The van der Waals surface area contributed by atoms with E-state index in [1.807, 2.05) is 13.8 Å².